The number of likely N-dealkylation sites (tertiary alicyclic amines) is 1. The molecule has 1 aromatic rings. The number of carbonyl (C=O) groups excluding carboxylic acids is 3. The van der Waals surface area contributed by atoms with Gasteiger partial charge in [-0.2, -0.15) is 0 Å². The molecule has 8 nitrogen and oxygen atoms in total. The van der Waals surface area contributed by atoms with Crippen molar-refractivity contribution in [1.29, 1.82) is 0 Å². The molecular weight excluding hydrogens is 370 g/mol. The summed E-state index contributed by atoms with van der Waals surface area (Å²) in [6, 6.07) is 5.22. The molecule has 2 aliphatic rings. The van der Waals surface area contributed by atoms with Gasteiger partial charge in [-0.05, 0) is 68.8 Å². The minimum atomic E-state index is -0.134. The van der Waals surface area contributed by atoms with E-state index in [1.807, 2.05) is 17.9 Å². The Hall–Kier alpha value is -2.61. The first-order valence-corrected chi connectivity index (χ1v) is 10.4. The quantitative estimate of drug-likeness (QED) is 0.606. The molecule has 1 aromatic carbocycles. The molecule has 0 spiro atoms. The van der Waals surface area contributed by atoms with Crippen LogP contribution in [0.1, 0.15) is 38.2 Å². The molecule has 0 radical (unpaired) electrons. The van der Waals surface area contributed by atoms with Gasteiger partial charge in [-0.25, -0.2) is 4.79 Å². The highest BCUT2D eigenvalue weighted by atomic mass is 16.2. The van der Waals surface area contributed by atoms with Crippen molar-refractivity contribution < 1.29 is 14.4 Å². The molecule has 4 amide bonds. The standard InChI is InChI=1S/C21H31N5O3/c1-14-11-17(7-8-18(14)24-15(2)27)25-21(29)26-10-4-5-16(13-26)12-23-20(28)19-6-3-9-22-19/h7-8,11,16,19,22H,3-6,9-10,12-13H2,1-2H3,(H,23,28)(H,24,27)(H,25,29). The van der Waals surface area contributed by atoms with E-state index in [0.29, 0.717) is 25.3 Å². The van der Waals surface area contributed by atoms with Crippen LogP contribution in [0, 0.1) is 12.8 Å². The van der Waals surface area contributed by atoms with Crippen LogP contribution in [0.25, 0.3) is 0 Å². The summed E-state index contributed by atoms with van der Waals surface area (Å²) in [6.45, 7) is 6.21. The van der Waals surface area contributed by atoms with Gasteiger partial charge in [0.05, 0.1) is 6.04 Å². The zero-order valence-corrected chi connectivity index (χ0v) is 17.2. The Morgan fingerprint density at radius 2 is 2.00 bits per heavy atom. The monoisotopic (exact) mass is 401 g/mol. The normalized spacial score (nSPS) is 21.5. The fourth-order valence-corrected chi connectivity index (χ4v) is 3.97. The second kappa shape index (κ2) is 9.73. The molecule has 2 aliphatic heterocycles. The number of rotatable bonds is 5. The average molecular weight is 402 g/mol. The number of nitrogens with one attached hydrogen (secondary N) is 4. The van der Waals surface area contributed by atoms with Crippen LogP contribution in [0.2, 0.25) is 0 Å². The summed E-state index contributed by atoms with van der Waals surface area (Å²) in [5, 5.41) is 12.0. The number of carbonyl (C=O) groups is 3. The van der Waals surface area contributed by atoms with E-state index >= 15 is 0 Å². The topological polar surface area (TPSA) is 103 Å². The maximum Gasteiger partial charge on any atom is 0.321 e. The molecule has 2 heterocycles. The number of amides is 4. The average Bonchev–Trinajstić information content (AvgIpc) is 3.23. The molecule has 8 heteroatoms. The molecule has 2 saturated heterocycles. The maximum atomic E-state index is 12.7. The first kappa shape index (κ1) is 21.1. The lowest BCUT2D eigenvalue weighted by atomic mass is 9.98. The van der Waals surface area contributed by atoms with Crippen molar-refractivity contribution in [2.45, 2.75) is 45.6 Å². The van der Waals surface area contributed by atoms with Crippen LogP contribution in [0.3, 0.4) is 0 Å². The first-order chi connectivity index (χ1) is 13.9. The van der Waals surface area contributed by atoms with E-state index in [-0.39, 0.29) is 29.8 Å². The molecule has 2 fully saturated rings. The third-order valence-corrected chi connectivity index (χ3v) is 5.54. The summed E-state index contributed by atoms with van der Waals surface area (Å²) in [4.78, 5) is 37.9. The molecule has 2 unspecified atom stereocenters. The lowest BCUT2D eigenvalue weighted by molar-refractivity contribution is -0.123. The summed E-state index contributed by atoms with van der Waals surface area (Å²) >= 11 is 0. The first-order valence-electron chi connectivity index (χ1n) is 10.4. The largest absolute Gasteiger partial charge is 0.354 e. The van der Waals surface area contributed by atoms with E-state index in [9.17, 15) is 14.4 Å². The molecule has 0 aliphatic carbocycles. The summed E-state index contributed by atoms with van der Waals surface area (Å²) in [6.07, 6.45) is 3.87. The van der Waals surface area contributed by atoms with Gasteiger partial charge in [0.1, 0.15) is 0 Å². The van der Waals surface area contributed by atoms with Gasteiger partial charge in [0.15, 0.2) is 0 Å². The van der Waals surface area contributed by atoms with Crippen LogP contribution in [0.5, 0.6) is 0 Å². The molecular formula is C21H31N5O3. The zero-order valence-electron chi connectivity index (χ0n) is 17.2. The SMILES string of the molecule is CC(=O)Nc1ccc(NC(=O)N2CCCC(CNC(=O)C3CCCN3)C2)cc1C. The Morgan fingerprint density at radius 3 is 2.69 bits per heavy atom. The van der Waals surface area contributed by atoms with Crippen molar-refractivity contribution in [2.24, 2.45) is 5.92 Å². The van der Waals surface area contributed by atoms with E-state index in [1.165, 1.54) is 6.92 Å². The lowest BCUT2D eigenvalue weighted by Gasteiger charge is -2.33. The van der Waals surface area contributed by atoms with Crippen molar-refractivity contribution in [3.8, 4) is 0 Å². The highest BCUT2D eigenvalue weighted by Crippen LogP contribution is 2.21. The molecule has 0 saturated carbocycles. The Balaban J connectivity index is 1.49. The van der Waals surface area contributed by atoms with Gasteiger partial charge in [-0.3, -0.25) is 9.59 Å². The predicted molar refractivity (Wildman–Crippen MR) is 113 cm³/mol. The Bertz CT molecular complexity index is 761. The number of hydrogen-bond donors (Lipinski definition) is 4. The van der Waals surface area contributed by atoms with Crippen molar-refractivity contribution in [2.75, 3.05) is 36.8 Å². The van der Waals surface area contributed by atoms with E-state index in [4.69, 9.17) is 0 Å². The summed E-state index contributed by atoms with van der Waals surface area (Å²) in [7, 11) is 0. The Labute approximate surface area is 171 Å². The van der Waals surface area contributed by atoms with Crippen LogP contribution in [0.15, 0.2) is 18.2 Å². The van der Waals surface area contributed by atoms with Crippen LogP contribution >= 0.6 is 0 Å². The Morgan fingerprint density at radius 1 is 1.17 bits per heavy atom. The van der Waals surface area contributed by atoms with E-state index in [2.05, 4.69) is 21.3 Å². The smallest absolute Gasteiger partial charge is 0.321 e. The van der Waals surface area contributed by atoms with Crippen molar-refractivity contribution >= 4 is 29.2 Å². The molecule has 3 rings (SSSR count). The highest BCUT2D eigenvalue weighted by Gasteiger charge is 2.26. The molecule has 0 bridgehead atoms. The molecule has 158 valence electrons. The molecule has 4 N–H and O–H groups in total. The maximum absolute atomic E-state index is 12.7. The second-order valence-corrected chi connectivity index (χ2v) is 7.99. The summed E-state index contributed by atoms with van der Waals surface area (Å²) < 4.78 is 0. The zero-order chi connectivity index (χ0) is 20.8. The number of hydrogen-bond acceptors (Lipinski definition) is 4. The van der Waals surface area contributed by atoms with Gasteiger partial charge in [-0.1, -0.05) is 0 Å². The van der Waals surface area contributed by atoms with Crippen LogP contribution in [-0.4, -0.2) is 55.0 Å². The van der Waals surface area contributed by atoms with Crippen LogP contribution < -0.4 is 21.3 Å². The third-order valence-electron chi connectivity index (χ3n) is 5.54. The lowest BCUT2D eigenvalue weighted by Crippen LogP contribution is -2.47. The molecule has 2 atom stereocenters. The number of urea groups is 1. The van der Waals surface area contributed by atoms with Crippen molar-refractivity contribution in [1.82, 2.24) is 15.5 Å². The number of benzene rings is 1. The van der Waals surface area contributed by atoms with Gasteiger partial charge in [0, 0.05) is 37.9 Å². The predicted octanol–water partition coefficient (Wildman–Crippen LogP) is 2.07. The van der Waals surface area contributed by atoms with E-state index < -0.39 is 0 Å². The summed E-state index contributed by atoms with van der Waals surface area (Å²) in [5.41, 5.74) is 2.32. The van der Waals surface area contributed by atoms with Gasteiger partial charge < -0.3 is 26.2 Å². The molecule has 0 aromatic heterocycles. The summed E-state index contributed by atoms with van der Waals surface area (Å²) in [5.74, 6) is 0.211. The Kier molecular flexibility index (Phi) is 7.09. The van der Waals surface area contributed by atoms with Crippen LogP contribution in [-0.2, 0) is 9.59 Å². The van der Waals surface area contributed by atoms with Gasteiger partial charge >= 0.3 is 6.03 Å². The van der Waals surface area contributed by atoms with Crippen LogP contribution in [0.4, 0.5) is 16.2 Å². The number of piperidine rings is 1. The minimum Gasteiger partial charge on any atom is -0.354 e. The second-order valence-electron chi connectivity index (χ2n) is 7.99. The minimum absolute atomic E-state index is 0.0679. The van der Waals surface area contributed by atoms with Crippen molar-refractivity contribution in [3.05, 3.63) is 23.8 Å². The fraction of sp³-hybridized carbons (Fsp3) is 0.571. The van der Waals surface area contributed by atoms with E-state index in [0.717, 1.165) is 43.5 Å². The molecule has 29 heavy (non-hydrogen) atoms. The fourth-order valence-electron chi connectivity index (χ4n) is 3.97. The van der Waals surface area contributed by atoms with Gasteiger partial charge in [0.2, 0.25) is 11.8 Å². The third kappa shape index (κ3) is 5.93. The number of aryl methyl sites for hydroxylation is 1. The van der Waals surface area contributed by atoms with Crippen molar-refractivity contribution in [3.63, 3.8) is 0 Å². The van der Waals surface area contributed by atoms with Gasteiger partial charge in [0.25, 0.3) is 0 Å². The number of anilines is 2. The highest BCUT2D eigenvalue weighted by molar-refractivity contribution is 5.92. The van der Waals surface area contributed by atoms with Gasteiger partial charge in [-0.15, -0.1) is 0 Å². The van der Waals surface area contributed by atoms with E-state index in [1.54, 1.807) is 12.1 Å². The number of nitrogens with zero attached hydrogens (tertiary/aromatic N) is 1.